The number of rotatable bonds is 4. The van der Waals surface area contributed by atoms with Gasteiger partial charge in [0.1, 0.15) is 11.6 Å². The molecule has 88 valence electrons. The highest BCUT2D eigenvalue weighted by Gasteiger charge is 1.96. The number of hydrogen-bond acceptors (Lipinski definition) is 4. The molecule has 0 saturated heterocycles. The highest BCUT2D eigenvalue weighted by molar-refractivity contribution is 5.37. The Bertz CT molecular complexity index is 484. The third-order valence-corrected chi connectivity index (χ3v) is 2.31. The Morgan fingerprint density at radius 2 is 1.94 bits per heavy atom. The van der Waals surface area contributed by atoms with Gasteiger partial charge in [-0.1, -0.05) is 12.1 Å². The molecular formula is C12H13FN4. The first-order valence-corrected chi connectivity index (χ1v) is 5.31. The second kappa shape index (κ2) is 5.25. The van der Waals surface area contributed by atoms with Crippen molar-refractivity contribution in [3.05, 3.63) is 47.9 Å². The average molecular weight is 232 g/mol. The fraction of sp³-hybridized carbons (Fsp3) is 0.167. The van der Waals surface area contributed by atoms with E-state index in [4.69, 9.17) is 5.73 Å². The molecule has 3 N–H and O–H groups in total. The third kappa shape index (κ3) is 3.41. The van der Waals surface area contributed by atoms with Gasteiger partial charge >= 0.3 is 0 Å². The van der Waals surface area contributed by atoms with Crippen LogP contribution in [0.2, 0.25) is 0 Å². The van der Waals surface area contributed by atoms with Gasteiger partial charge in [-0.25, -0.2) is 9.37 Å². The second-order valence-electron chi connectivity index (χ2n) is 3.60. The molecule has 1 heterocycles. The minimum Gasteiger partial charge on any atom is -0.370 e. The first kappa shape index (κ1) is 11.3. The maximum atomic E-state index is 12.7. The Balaban J connectivity index is 1.85. The highest BCUT2D eigenvalue weighted by atomic mass is 19.1. The number of nitrogens with two attached hydrogens (primary N) is 1. The highest BCUT2D eigenvalue weighted by Crippen LogP contribution is 2.05. The van der Waals surface area contributed by atoms with Crippen molar-refractivity contribution in [1.29, 1.82) is 0 Å². The largest absolute Gasteiger partial charge is 0.370 e. The van der Waals surface area contributed by atoms with Gasteiger partial charge in [0, 0.05) is 12.7 Å². The van der Waals surface area contributed by atoms with Crippen LogP contribution in [0.1, 0.15) is 5.56 Å². The van der Waals surface area contributed by atoms with Gasteiger partial charge in [-0.3, -0.25) is 0 Å². The van der Waals surface area contributed by atoms with Gasteiger partial charge in [-0.05, 0) is 30.2 Å². The minimum absolute atomic E-state index is 0.217. The topological polar surface area (TPSA) is 63.8 Å². The summed E-state index contributed by atoms with van der Waals surface area (Å²) in [5, 5.41) is 3.12. The van der Waals surface area contributed by atoms with Crippen LogP contribution in [0.4, 0.5) is 16.2 Å². The van der Waals surface area contributed by atoms with Crippen molar-refractivity contribution in [2.75, 3.05) is 17.6 Å². The molecule has 0 atom stereocenters. The van der Waals surface area contributed by atoms with Gasteiger partial charge in [0.15, 0.2) is 0 Å². The maximum absolute atomic E-state index is 12.7. The number of aromatic nitrogens is 2. The number of halogens is 1. The van der Waals surface area contributed by atoms with Crippen LogP contribution in [-0.4, -0.2) is 16.5 Å². The van der Waals surface area contributed by atoms with E-state index in [9.17, 15) is 4.39 Å². The number of nitrogens with one attached hydrogen (secondary N) is 1. The zero-order chi connectivity index (χ0) is 12.1. The molecule has 0 fully saturated rings. The van der Waals surface area contributed by atoms with Crippen molar-refractivity contribution in [1.82, 2.24) is 9.97 Å². The SMILES string of the molecule is Nc1nccc(NCCc2ccc(F)cc2)n1. The Morgan fingerprint density at radius 1 is 1.18 bits per heavy atom. The summed E-state index contributed by atoms with van der Waals surface area (Å²) < 4.78 is 12.7. The van der Waals surface area contributed by atoms with Crippen molar-refractivity contribution in [2.45, 2.75) is 6.42 Å². The Labute approximate surface area is 98.7 Å². The predicted octanol–water partition coefficient (Wildman–Crippen LogP) is 1.85. The van der Waals surface area contributed by atoms with Gasteiger partial charge in [0.05, 0.1) is 0 Å². The molecule has 0 radical (unpaired) electrons. The Hall–Kier alpha value is -2.17. The van der Waals surface area contributed by atoms with E-state index in [1.807, 2.05) is 0 Å². The van der Waals surface area contributed by atoms with E-state index in [0.29, 0.717) is 12.4 Å². The molecule has 0 saturated carbocycles. The molecule has 0 amide bonds. The Kier molecular flexibility index (Phi) is 3.49. The van der Waals surface area contributed by atoms with Gasteiger partial charge in [-0.2, -0.15) is 4.98 Å². The molecule has 0 aliphatic rings. The van der Waals surface area contributed by atoms with Crippen LogP contribution < -0.4 is 11.1 Å². The summed E-state index contributed by atoms with van der Waals surface area (Å²) in [5.74, 6) is 0.724. The molecule has 2 aromatic rings. The van der Waals surface area contributed by atoms with Crippen LogP contribution in [-0.2, 0) is 6.42 Å². The van der Waals surface area contributed by atoms with Crippen LogP contribution in [0.25, 0.3) is 0 Å². The van der Waals surface area contributed by atoms with Crippen LogP contribution in [0.3, 0.4) is 0 Å². The van der Waals surface area contributed by atoms with Crippen LogP contribution in [0.15, 0.2) is 36.5 Å². The number of hydrogen-bond donors (Lipinski definition) is 2. The molecule has 0 aliphatic heterocycles. The number of nitrogens with zero attached hydrogens (tertiary/aromatic N) is 2. The molecule has 4 nitrogen and oxygen atoms in total. The number of nitrogen functional groups attached to an aromatic ring is 1. The molecule has 17 heavy (non-hydrogen) atoms. The summed E-state index contributed by atoms with van der Waals surface area (Å²) in [6.07, 6.45) is 2.40. The van der Waals surface area contributed by atoms with Gasteiger partial charge < -0.3 is 11.1 Å². The summed E-state index contributed by atoms with van der Waals surface area (Å²) in [5.41, 5.74) is 6.52. The molecule has 0 unspecified atom stereocenters. The van der Waals surface area contributed by atoms with Gasteiger partial charge in [-0.15, -0.1) is 0 Å². The fourth-order valence-corrected chi connectivity index (χ4v) is 1.46. The molecule has 0 bridgehead atoms. The smallest absolute Gasteiger partial charge is 0.221 e. The molecule has 0 spiro atoms. The summed E-state index contributed by atoms with van der Waals surface area (Å²) >= 11 is 0. The summed E-state index contributed by atoms with van der Waals surface area (Å²) in [6, 6.07) is 8.20. The zero-order valence-electron chi connectivity index (χ0n) is 9.23. The van der Waals surface area contributed by atoms with Crippen molar-refractivity contribution < 1.29 is 4.39 Å². The minimum atomic E-state index is -0.217. The van der Waals surface area contributed by atoms with E-state index in [-0.39, 0.29) is 11.8 Å². The second-order valence-corrected chi connectivity index (χ2v) is 3.60. The van der Waals surface area contributed by atoms with Crippen molar-refractivity contribution in [3.8, 4) is 0 Å². The van der Waals surface area contributed by atoms with Crippen LogP contribution >= 0.6 is 0 Å². The molecule has 1 aromatic heterocycles. The summed E-state index contributed by atoms with van der Waals surface area (Å²) in [4.78, 5) is 7.81. The number of anilines is 2. The Morgan fingerprint density at radius 3 is 2.65 bits per heavy atom. The number of benzene rings is 1. The quantitative estimate of drug-likeness (QED) is 0.844. The normalized spacial score (nSPS) is 10.2. The molecule has 2 rings (SSSR count). The first-order chi connectivity index (χ1) is 8.24. The molecule has 1 aromatic carbocycles. The lowest BCUT2D eigenvalue weighted by atomic mass is 10.1. The lowest BCUT2D eigenvalue weighted by Gasteiger charge is -2.05. The average Bonchev–Trinajstić information content (AvgIpc) is 2.32. The van der Waals surface area contributed by atoms with E-state index in [2.05, 4.69) is 15.3 Å². The van der Waals surface area contributed by atoms with E-state index in [0.717, 1.165) is 12.0 Å². The van der Waals surface area contributed by atoms with E-state index in [1.54, 1.807) is 24.4 Å². The van der Waals surface area contributed by atoms with Crippen LogP contribution in [0.5, 0.6) is 0 Å². The summed E-state index contributed by atoms with van der Waals surface area (Å²) in [6.45, 7) is 0.710. The molecular weight excluding hydrogens is 219 g/mol. The standard InChI is InChI=1S/C12H13FN4/c13-10-3-1-9(2-4-10)5-7-15-11-6-8-16-12(14)17-11/h1-4,6,8H,5,7H2,(H3,14,15,16,17). The lowest BCUT2D eigenvalue weighted by molar-refractivity contribution is 0.627. The van der Waals surface area contributed by atoms with Crippen LogP contribution in [0, 0.1) is 5.82 Å². The van der Waals surface area contributed by atoms with Crippen molar-refractivity contribution in [2.24, 2.45) is 0 Å². The maximum Gasteiger partial charge on any atom is 0.221 e. The van der Waals surface area contributed by atoms with Crippen molar-refractivity contribution in [3.63, 3.8) is 0 Å². The predicted molar refractivity (Wildman–Crippen MR) is 65.0 cm³/mol. The lowest BCUT2D eigenvalue weighted by Crippen LogP contribution is -2.07. The van der Waals surface area contributed by atoms with Gasteiger partial charge in [0.25, 0.3) is 0 Å². The van der Waals surface area contributed by atoms with E-state index < -0.39 is 0 Å². The van der Waals surface area contributed by atoms with Gasteiger partial charge in [0.2, 0.25) is 5.95 Å². The van der Waals surface area contributed by atoms with Crippen molar-refractivity contribution >= 4 is 11.8 Å². The summed E-state index contributed by atoms with van der Waals surface area (Å²) in [7, 11) is 0. The molecule has 0 aliphatic carbocycles. The zero-order valence-corrected chi connectivity index (χ0v) is 9.23. The van der Waals surface area contributed by atoms with E-state index >= 15 is 0 Å². The van der Waals surface area contributed by atoms with E-state index in [1.165, 1.54) is 12.1 Å². The third-order valence-electron chi connectivity index (χ3n) is 2.31. The fourth-order valence-electron chi connectivity index (χ4n) is 1.46. The monoisotopic (exact) mass is 232 g/mol. The first-order valence-electron chi connectivity index (χ1n) is 5.31. The molecule has 5 heteroatoms.